The van der Waals surface area contributed by atoms with Crippen LogP contribution in [-0.4, -0.2) is 82.2 Å². The van der Waals surface area contributed by atoms with Gasteiger partial charge in [0.25, 0.3) is 5.91 Å². The highest BCUT2D eigenvalue weighted by Gasteiger charge is 2.32. The molecule has 3 aromatic rings. The van der Waals surface area contributed by atoms with Gasteiger partial charge in [0.05, 0.1) is 11.2 Å². The van der Waals surface area contributed by atoms with Crippen molar-refractivity contribution in [1.29, 1.82) is 0 Å². The maximum absolute atomic E-state index is 12.9. The molecule has 3 N–H and O–H groups in total. The Morgan fingerprint density at radius 1 is 0.947 bits per heavy atom. The summed E-state index contributed by atoms with van der Waals surface area (Å²) in [6.45, 7) is 0.719. The Kier molecular flexibility index (Phi) is 8.65. The summed E-state index contributed by atoms with van der Waals surface area (Å²) in [5, 5.41) is 11.3. The van der Waals surface area contributed by atoms with Crippen LogP contribution in [0.15, 0.2) is 71.6 Å². The molecule has 0 spiro atoms. The zero-order chi connectivity index (χ0) is 27.3. The van der Waals surface area contributed by atoms with Gasteiger partial charge in [-0.25, -0.2) is 27.0 Å². The molecule has 0 saturated carbocycles. The number of hydroxylamine groups is 1. The summed E-state index contributed by atoms with van der Waals surface area (Å²) < 4.78 is 58.9. The van der Waals surface area contributed by atoms with Gasteiger partial charge in [-0.05, 0) is 40.6 Å². The molecule has 0 aromatic heterocycles. The molecule has 1 amide bonds. The third-order valence-corrected chi connectivity index (χ3v) is 9.21. The van der Waals surface area contributed by atoms with E-state index in [1.807, 2.05) is 42.5 Å². The molecule has 0 bridgehead atoms. The second-order valence-corrected chi connectivity index (χ2v) is 12.7. The largest absolute Gasteiger partial charge is 0.489 e. The molecule has 3 aromatic carbocycles. The molecule has 1 saturated heterocycles. The molecule has 204 valence electrons. The Morgan fingerprint density at radius 2 is 1.61 bits per heavy atom. The summed E-state index contributed by atoms with van der Waals surface area (Å²) in [5.74, 6) is -0.296. The first-order valence-electron chi connectivity index (χ1n) is 11.9. The molecule has 0 radical (unpaired) electrons. The molecule has 1 aliphatic heterocycles. The Bertz CT molecular complexity index is 1480. The molecular formula is C25H30N4O7S2. The molecule has 1 unspecified atom stereocenters. The fourth-order valence-electron chi connectivity index (χ4n) is 4.38. The van der Waals surface area contributed by atoms with E-state index in [4.69, 9.17) is 9.94 Å². The normalized spacial score (nSPS) is 16.3. The highest BCUT2D eigenvalue weighted by molar-refractivity contribution is 7.89. The first-order chi connectivity index (χ1) is 18.1. The van der Waals surface area contributed by atoms with E-state index in [1.165, 1.54) is 16.4 Å². The molecule has 13 heteroatoms. The van der Waals surface area contributed by atoms with Crippen LogP contribution in [0.25, 0.3) is 10.8 Å². The third-order valence-electron chi connectivity index (χ3n) is 6.47. The van der Waals surface area contributed by atoms with Crippen LogP contribution >= 0.6 is 0 Å². The molecule has 38 heavy (non-hydrogen) atoms. The fraction of sp³-hybridized carbons (Fsp3) is 0.320. The minimum Gasteiger partial charge on any atom is -0.489 e. The van der Waals surface area contributed by atoms with Crippen molar-refractivity contribution >= 4 is 36.7 Å². The first-order valence-corrected chi connectivity index (χ1v) is 15.2. The molecule has 4 rings (SSSR count). The van der Waals surface area contributed by atoms with Crippen LogP contribution in [0.1, 0.15) is 5.56 Å². The van der Waals surface area contributed by atoms with Crippen molar-refractivity contribution in [1.82, 2.24) is 19.4 Å². The van der Waals surface area contributed by atoms with Gasteiger partial charge in [-0.15, -0.1) is 0 Å². The first kappa shape index (κ1) is 28.0. The van der Waals surface area contributed by atoms with Gasteiger partial charge in [0, 0.05) is 32.7 Å². The number of sulfonamides is 2. The number of amides is 1. The Balaban J connectivity index is 1.38. The third kappa shape index (κ3) is 6.67. The van der Waals surface area contributed by atoms with Gasteiger partial charge >= 0.3 is 0 Å². The standard InChI is InChI=1S/C25H30N4O7S2/c1-37(32,33)29-15-13-28(14-16-29)24(25(30)27-31)17-26-38(34,35)22-11-9-21(10-12-22)36-18-20-7-4-6-19-5-2-3-8-23(19)20/h2-12,24,26,31H,13-18H2,1H3,(H,27,30). The van der Waals surface area contributed by atoms with Crippen molar-refractivity contribution < 1.29 is 31.6 Å². The van der Waals surface area contributed by atoms with Gasteiger partial charge in [-0.3, -0.25) is 14.9 Å². The maximum atomic E-state index is 12.9. The van der Waals surface area contributed by atoms with Gasteiger partial charge in [0.2, 0.25) is 20.0 Å². The zero-order valence-corrected chi connectivity index (χ0v) is 22.4. The number of hydrogen-bond donors (Lipinski definition) is 3. The van der Waals surface area contributed by atoms with Gasteiger partial charge in [-0.2, -0.15) is 4.31 Å². The molecular weight excluding hydrogens is 532 g/mol. The van der Waals surface area contributed by atoms with E-state index < -0.39 is 32.0 Å². The van der Waals surface area contributed by atoms with E-state index in [1.54, 1.807) is 22.5 Å². The quantitative estimate of drug-likeness (QED) is 0.247. The van der Waals surface area contributed by atoms with Crippen molar-refractivity contribution in [3.63, 3.8) is 0 Å². The van der Waals surface area contributed by atoms with Crippen LogP contribution in [-0.2, 0) is 31.4 Å². The number of rotatable bonds is 10. The molecule has 1 heterocycles. The summed E-state index contributed by atoms with van der Waals surface area (Å²) in [6.07, 6.45) is 1.11. The maximum Gasteiger partial charge on any atom is 0.262 e. The highest BCUT2D eigenvalue weighted by Crippen LogP contribution is 2.22. The lowest BCUT2D eigenvalue weighted by molar-refractivity contribution is -0.135. The second kappa shape index (κ2) is 11.8. The molecule has 1 fully saturated rings. The van der Waals surface area contributed by atoms with Crippen LogP contribution < -0.4 is 14.9 Å². The number of carbonyl (C=O) groups is 1. The number of hydrogen-bond acceptors (Lipinski definition) is 8. The van der Waals surface area contributed by atoms with Gasteiger partial charge < -0.3 is 4.74 Å². The second-order valence-electron chi connectivity index (χ2n) is 8.94. The van der Waals surface area contributed by atoms with Crippen LogP contribution in [0.4, 0.5) is 0 Å². The molecule has 0 aliphatic carbocycles. The van der Waals surface area contributed by atoms with E-state index in [-0.39, 0.29) is 37.6 Å². The smallest absolute Gasteiger partial charge is 0.262 e. The van der Waals surface area contributed by atoms with Crippen molar-refractivity contribution in [3.05, 3.63) is 72.3 Å². The molecule has 1 atom stereocenters. The Labute approximate surface area is 222 Å². The molecule has 11 nitrogen and oxygen atoms in total. The predicted molar refractivity (Wildman–Crippen MR) is 142 cm³/mol. The summed E-state index contributed by atoms with van der Waals surface area (Å²) in [6, 6.07) is 18.8. The monoisotopic (exact) mass is 562 g/mol. The average Bonchev–Trinajstić information content (AvgIpc) is 2.91. The van der Waals surface area contributed by atoms with Gasteiger partial charge in [-0.1, -0.05) is 42.5 Å². The number of nitrogens with zero attached hydrogens (tertiary/aromatic N) is 2. The lowest BCUT2D eigenvalue weighted by Gasteiger charge is -2.37. The number of piperazine rings is 1. The lowest BCUT2D eigenvalue weighted by Crippen LogP contribution is -2.58. The molecule has 1 aliphatic rings. The number of benzene rings is 3. The van der Waals surface area contributed by atoms with E-state index in [2.05, 4.69) is 4.72 Å². The van der Waals surface area contributed by atoms with Gasteiger partial charge in [0.1, 0.15) is 18.4 Å². The average molecular weight is 563 g/mol. The number of ether oxygens (including phenoxy) is 1. The van der Waals surface area contributed by atoms with Crippen molar-refractivity contribution in [2.45, 2.75) is 17.5 Å². The van der Waals surface area contributed by atoms with Crippen LogP contribution in [0.3, 0.4) is 0 Å². The van der Waals surface area contributed by atoms with Crippen LogP contribution in [0, 0.1) is 0 Å². The van der Waals surface area contributed by atoms with Crippen molar-refractivity contribution in [3.8, 4) is 5.75 Å². The number of carbonyl (C=O) groups excluding carboxylic acids is 1. The minimum atomic E-state index is -3.98. The fourth-order valence-corrected chi connectivity index (χ4v) is 6.24. The summed E-state index contributed by atoms with van der Waals surface area (Å²) >= 11 is 0. The minimum absolute atomic E-state index is 0.0138. The van der Waals surface area contributed by atoms with Crippen LogP contribution in [0.2, 0.25) is 0 Å². The van der Waals surface area contributed by atoms with E-state index in [0.717, 1.165) is 22.6 Å². The highest BCUT2D eigenvalue weighted by atomic mass is 32.2. The zero-order valence-electron chi connectivity index (χ0n) is 20.8. The topological polar surface area (TPSA) is 145 Å². The van der Waals surface area contributed by atoms with E-state index >= 15 is 0 Å². The van der Waals surface area contributed by atoms with Crippen molar-refractivity contribution in [2.24, 2.45) is 0 Å². The van der Waals surface area contributed by atoms with Crippen molar-refractivity contribution in [2.75, 3.05) is 39.0 Å². The summed E-state index contributed by atoms with van der Waals surface area (Å²) in [7, 11) is -7.35. The lowest BCUT2D eigenvalue weighted by atomic mass is 10.1. The predicted octanol–water partition coefficient (Wildman–Crippen LogP) is 1.15. The number of nitrogens with one attached hydrogen (secondary N) is 2. The Morgan fingerprint density at radius 3 is 2.26 bits per heavy atom. The van der Waals surface area contributed by atoms with Crippen LogP contribution in [0.5, 0.6) is 5.75 Å². The van der Waals surface area contributed by atoms with E-state index in [9.17, 15) is 21.6 Å². The number of fused-ring (bicyclic) bond motifs is 1. The Hall–Kier alpha value is -3.07. The summed E-state index contributed by atoms with van der Waals surface area (Å²) in [4.78, 5) is 13.9. The van der Waals surface area contributed by atoms with E-state index in [0.29, 0.717) is 12.4 Å². The summed E-state index contributed by atoms with van der Waals surface area (Å²) in [5.41, 5.74) is 2.57. The SMILES string of the molecule is CS(=O)(=O)N1CCN(C(CNS(=O)(=O)c2ccc(OCc3cccc4ccccc34)cc2)C(=O)NO)CC1. The van der Waals surface area contributed by atoms with Gasteiger partial charge in [0.15, 0.2) is 0 Å².